The van der Waals surface area contributed by atoms with Crippen LogP contribution in [0.15, 0.2) is 0 Å². The minimum Gasteiger partial charge on any atom is -0.0654 e. The fourth-order valence-electron chi connectivity index (χ4n) is 4.99. The molecule has 0 aromatic carbocycles. The standard InChI is InChI=1S/C30H61/c1-5-9-12-15-18-21-25-29(24-8-4)28-30(26-22-19-16-13-10-6-2)27-23-20-17-14-11-7-3/h28-30H,5-27H2,1-4H3. The van der Waals surface area contributed by atoms with E-state index in [-0.39, 0.29) is 0 Å². The molecule has 0 aliphatic heterocycles. The van der Waals surface area contributed by atoms with E-state index in [1.165, 1.54) is 148 Å². The SMILES string of the molecule is CCCCCCCCC([CH]C(CCCCCCCC)CCCCCCCC)CCC. The molecule has 181 valence electrons. The van der Waals surface area contributed by atoms with Gasteiger partial charge in [-0.1, -0.05) is 175 Å². The number of unbranched alkanes of at least 4 members (excludes halogenated alkanes) is 15. The predicted octanol–water partition coefficient (Wildman–Crippen LogP) is 11.5. The Kier molecular flexibility index (Phi) is 25.3. The van der Waals surface area contributed by atoms with Gasteiger partial charge >= 0.3 is 0 Å². The highest BCUT2D eigenvalue weighted by atomic mass is 14.2. The van der Waals surface area contributed by atoms with E-state index in [0.717, 1.165) is 11.8 Å². The summed E-state index contributed by atoms with van der Waals surface area (Å²) >= 11 is 0. The Bertz CT molecular complexity index is 278. The van der Waals surface area contributed by atoms with Crippen LogP contribution in [0.4, 0.5) is 0 Å². The fourth-order valence-corrected chi connectivity index (χ4v) is 4.99. The zero-order valence-corrected chi connectivity index (χ0v) is 22.0. The lowest BCUT2D eigenvalue weighted by Gasteiger charge is -2.23. The maximum absolute atomic E-state index is 2.85. The van der Waals surface area contributed by atoms with Crippen molar-refractivity contribution in [2.75, 3.05) is 0 Å². The van der Waals surface area contributed by atoms with Gasteiger partial charge in [0.1, 0.15) is 0 Å². The molecule has 0 rings (SSSR count). The Labute approximate surface area is 193 Å². The van der Waals surface area contributed by atoms with Crippen molar-refractivity contribution in [1.82, 2.24) is 0 Å². The first kappa shape index (κ1) is 30.0. The lowest BCUT2D eigenvalue weighted by Crippen LogP contribution is -2.11. The molecule has 0 aromatic rings. The zero-order chi connectivity index (χ0) is 22.1. The summed E-state index contributed by atoms with van der Waals surface area (Å²) in [5.41, 5.74) is 0. The van der Waals surface area contributed by atoms with Crippen LogP contribution in [0, 0.1) is 18.3 Å². The van der Waals surface area contributed by atoms with Crippen LogP contribution >= 0.6 is 0 Å². The van der Waals surface area contributed by atoms with Crippen LogP contribution in [0.25, 0.3) is 0 Å². The van der Waals surface area contributed by atoms with Crippen LogP contribution in [-0.2, 0) is 0 Å². The Morgan fingerprint density at radius 1 is 0.333 bits per heavy atom. The highest BCUT2D eigenvalue weighted by Crippen LogP contribution is 2.29. The third-order valence-corrected chi connectivity index (χ3v) is 6.99. The summed E-state index contributed by atoms with van der Waals surface area (Å²) in [6.07, 6.45) is 36.0. The van der Waals surface area contributed by atoms with Crippen LogP contribution in [0.2, 0.25) is 0 Å². The van der Waals surface area contributed by atoms with Crippen molar-refractivity contribution in [2.45, 2.75) is 175 Å². The molecular weight excluding hydrogens is 360 g/mol. The minimum absolute atomic E-state index is 0.895. The summed E-state index contributed by atoms with van der Waals surface area (Å²) in [6, 6.07) is 0. The van der Waals surface area contributed by atoms with E-state index in [2.05, 4.69) is 34.1 Å². The third kappa shape index (κ3) is 21.2. The molecule has 0 heterocycles. The lowest BCUT2D eigenvalue weighted by atomic mass is 9.82. The molecule has 0 aromatic heterocycles. The van der Waals surface area contributed by atoms with Crippen molar-refractivity contribution in [3.05, 3.63) is 6.42 Å². The van der Waals surface area contributed by atoms with Crippen LogP contribution in [0.5, 0.6) is 0 Å². The molecular formula is C30H61. The summed E-state index contributed by atoms with van der Waals surface area (Å²) in [6.45, 7) is 9.35. The number of hydrogen-bond donors (Lipinski definition) is 0. The average molecular weight is 422 g/mol. The molecule has 30 heavy (non-hydrogen) atoms. The second-order valence-electron chi connectivity index (χ2n) is 10.2. The molecule has 1 atom stereocenters. The normalized spacial score (nSPS) is 12.7. The average Bonchev–Trinajstić information content (AvgIpc) is 2.75. The third-order valence-electron chi connectivity index (χ3n) is 6.99. The highest BCUT2D eigenvalue weighted by Gasteiger charge is 2.16. The summed E-state index contributed by atoms with van der Waals surface area (Å²) in [5.74, 6) is 1.80. The van der Waals surface area contributed by atoms with E-state index < -0.39 is 0 Å². The zero-order valence-electron chi connectivity index (χ0n) is 22.0. The minimum atomic E-state index is 0.895. The van der Waals surface area contributed by atoms with E-state index in [1.807, 2.05) is 0 Å². The summed E-state index contributed by atoms with van der Waals surface area (Å²) in [5, 5.41) is 0. The quantitative estimate of drug-likeness (QED) is 0.128. The summed E-state index contributed by atoms with van der Waals surface area (Å²) in [4.78, 5) is 0. The van der Waals surface area contributed by atoms with Gasteiger partial charge in [-0.25, -0.2) is 0 Å². The second kappa shape index (κ2) is 25.3. The van der Waals surface area contributed by atoms with Crippen LogP contribution in [0.3, 0.4) is 0 Å². The smallest absolute Gasteiger partial charge is 0.0324 e. The molecule has 1 radical (unpaired) electrons. The van der Waals surface area contributed by atoms with Crippen LogP contribution in [-0.4, -0.2) is 0 Å². The van der Waals surface area contributed by atoms with Gasteiger partial charge in [-0.15, -0.1) is 0 Å². The number of rotatable bonds is 25. The molecule has 0 aliphatic rings. The Hall–Kier alpha value is 0. The lowest BCUT2D eigenvalue weighted by molar-refractivity contribution is 0.370. The predicted molar refractivity (Wildman–Crippen MR) is 140 cm³/mol. The van der Waals surface area contributed by atoms with Gasteiger partial charge in [0.25, 0.3) is 0 Å². The molecule has 0 N–H and O–H groups in total. The fraction of sp³-hybridized carbons (Fsp3) is 0.967. The summed E-state index contributed by atoms with van der Waals surface area (Å²) in [7, 11) is 0. The van der Waals surface area contributed by atoms with E-state index in [0.29, 0.717) is 0 Å². The summed E-state index contributed by atoms with van der Waals surface area (Å²) < 4.78 is 0. The molecule has 1 unspecified atom stereocenters. The first-order valence-electron chi connectivity index (χ1n) is 14.6. The Morgan fingerprint density at radius 2 is 0.633 bits per heavy atom. The monoisotopic (exact) mass is 421 g/mol. The van der Waals surface area contributed by atoms with Gasteiger partial charge in [0.15, 0.2) is 0 Å². The van der Waals surface area contributed by atoms with Crippen molar-refractivity contribution in [1.29, 1.82) is 0 Å². The first-order chi connectivity index (χ1) is 14.8. The Balaban J connectivity index is 4.28. The van der Waals surface area contributed by atoms with Gasteiger partial charge in [0.2, 0.25) is 0 Å². The van der Waals surface area contributed by atoms with Crippen LogP contribution < -0.4 is 0 Å². The van der Waals surface area contributed by atoms with Gasteiger partial charge < -0.3 is 0 Å². The molecule has 0 amide bonds. The first-order valence-corrected chi connectivity index (χ1v) is 14.6. The molecule has 0 saturated carbocycles. The molecule has 0 saturated heterocycles. The van der Waals surface area contributed by atoms with Crippen LogP contribution in [0.1, 0.15) is 175 Å². The van der Waals surface area contributed by atoms with Crippen molar-refractivity contribution < 1.29 is 0 Å². The van der Waals surface area contributed by atoms with E-state index in [9.17, 15) is 0 Å². The van der Waals surface area contributed by atoms with Crippen molar-refractivity contribution in [2.24, 2.45) is 11.8 Å². The Morgan fingerprint density at radius 3 is 0.967 bits per heavy atom. The topological polar surface area (TPSA) is 0 Å². The van der Waals surface area contributed by atoms with Crippen molar-refractivity contribution in [3.63, 3.8) is 0 Å². The molecule has 0 heteroatoms. The molecule has 0 bridgehead atoms. The van der Waals surface area contributed by atoms with E-state index in [1.54, 1.807) is 0 Å². The van der Waals surface area contributed by atoms with Gasteiger partial charge in [-0.3, -0.25) is 0 Å². The van der Waals surface area contributed by atoms with Gasteiger partial charge in [-0.05, 0) is 18.3 Å². The second-order valence-corrected chi connectivity index (χ2v) is 10.2. The largest absolute Gasteiger partial charge is 0.0654 e. The molecule has 0 spiro atoms. The molecule has 0 nitrogen and oxygen atoms in total. The number of hydrogen-bond acceptors (Lipinski definition) is 0. The molecule has 0 aliphatic carbocycles. The van der Waals surface area contributed by atoms with Crippen molar-refractivity contribution in [3.8, 4) is 0 Å². The van der Waals surface area contributed by atoms with Gasteiger partial charge in [-0.2, -0.15) is 0 Å². The van der Waals surface area contributed by atoms with Gasteiger partial charge in [0.05, 0.1) is 0 Å². The maximum atomic E-state index is 2.85. The van der Waals surface area contributed by atoms with E-state index >= 15 is 0 Å². The van der Waals surface area contributed by atoms with Gasteiger partial charge in [0, 0.05) is 0 Å². The maximum Gasteiger partial charge on any atom is -0.0324 e. The highest BCUT2D eigenvalue weighted by molar-refractivity contribution is 4.84. The van der Waals surface area contributed by atoms with Crippen molar-refractivity contribution >= 4 is 0 Å². The van der Waals surface area contributed by atoms with E-state index in [4.69, 9.17) is 0 Å². The molecule has 0 fully saturated rings.